The van der Waals surface area contributed by atoms with E-state index in [0.717, 1.165) is 37.0 Å². The number of hydrogen-bond donors (Lipinski definition) is 2. The van der Waals surface area contributed by atoms with Crippen molar-refractivity contribution < 1.29 is 4.79 Å². The van der Waals surface area contributed by atoms with Crippen LogP contribution in [0.2, 0.25) is 0 Å². The maximum atomic E-state index is 12.8. The van der Waals surface area contributed by atoms with Gasteiger partial charge in [0.2, 0.25) is 0 Å². The molecule has 0 atom stereocenters. The highest BCUT2D eigenvalue weighted by Gasteiger charge is 2.51. The average Bonchev–Trinajstić information content (AvgIpc) is 2.52. The molecule has 5 heteroatoms. The monoisotopic (exact) mass is 323 g/mol. The van der Waals surface area contributed by atoms with E-state index in [1.165, 1.54) is 19.3 Å². The molecule has 0 unspecified atom stereocenters. The van der Waals surface area contributed by atoms with Crippen molar-refractivity contribution in [3.05, 3.63) is 40.3 Å². The molecule has 4 aliphatic rings. The number of H-pyrrole nitrogens is 1. The Morgan fingerprint density at radius 1 is 1.08 bits per heavy atom. The van der Waals surface area contributed by atoms with Gasteiger partial charge in [0.15, 0.2) is 5.69 Å². The summed E-state index contributed by atoms with van der Waals surface area (Å²) in [4.78, 5) is 32.2. The van der Waals surface area contributed by atoms with Gasteiger partial charge in [-0.15, -0.1) is 0 Å². The highest BCUT2D eigenvalue weighted by atomic mass is 16.2. The van der Waals surface area contributed by atoms with Crippen molar-refractivity contribution in [3.63, 3.8) is 0 Å². The number of fused-ring (bicyclic) bond motifs is 1. The summed E-state index contributed by atoms with van der Waals surface area (Å²) in [5.74, 6) is 1.93. The first-order chi connectivity index (χ1) is 11.6. The van der Waals surface area contributed by atoms with Crippen molar-refractivity contribution in [2.24, 2.45) is 17.8 Å². The Balaban J connectivity index is 1.47. The summed E-state index contributed by atoms with van der Waals surface area (Å²) in [6.07, 6.45) is 7.17. The molecular weight excluding hydrogens is 302 g/mol. The van der Waals surface area contributed by atoms with Crippen molar-refractivity contribution in [1.29, 1.82) is 0 Å². The predicted octanol–water partition coefficient (Wildman–Crippen LogP) is 2.62. The Labute approximate surface area is 139 Å². The highest BCUT2D eigenvalue weighted by molar-refractivity contribution is 5.94. The molecule has 4 aliphatic carbocycles. The number of nitrogens with one attached hydrogen (secondary N) is 2. The molecule has 1 aromatic heterocycles. The molecule has 0 radical (unpaired) electrons. The van der Waals surface area contributed by atoms with Crippen molar-refractivity contribution in [2.45, 2.75) is 44.1 Å². The number of aromatic amines is 1. The van der Waals surface area contributed by atoms with Crippen LogP contribution >= 0.6 is 0 Å². The number of benzene rings is 1. The number of carbonyl (C=O) groups excluding carboxylic acids is 1. The van der Waals surface area contributed by atoms with Gasteiger partial charge in [-0.3, -0.25) is 9.59 Å². The van der Waals surface area contributed by atoms with Crippen molar-refractivity contribution in [1.82, 2.24) is 15.3 Å². The van der Waals surface area contributed by atoms with Crippen LogP contribution in [0.1, 0.15) is 49.0 Å². The minimum atomic E-state index is -0.407. The molecule has 1 aromatic carbocycles. The third-order valence-corrected chi connectivity index (χ3v) is 6.23. The molecule has 2 aromatic rings. The molecule has 0 aliphatic heterocycles. The summed E-state index contributed by atoms with van der Waals surface area (Å²) in [5.41, 5.74) is 0.785. The van der Waals surface area contributed by atoms with Gasteiger partial charge in [-0.2, -0.15) is 0 Å². The van der Waals surface area contributed by atoms with Crippen LogP contribution in [0.5, 0.6) is 0 Å². The summed E-state index contributed by atoms with van der Waals surface area (Å²) in [6, 6.07) is 7.31. The minimum absolute atomic E-state index is 0.00977. The Hall–Kier alpha value is -2.17. The average molecular weight is 323 g/mol. The molecule has 0 saturated heterocycles. The fraction of sp³-hybridized carbons (Fsp3) is 0.526. The Morgan fingerprint density at radius 3 is 2.38 bits per heavy atom. The Morgan fingerprint density at radius 2 is 1.71 bits per heavy atom. The lowest BCUT2D eigenvalue weighted by molar-refractivity contribution is -0.0168. The second-order valence-electron chi connectivity index (χ2n) is 8.08. The van der Waals surface area contributed by atoms with Crippen LogP contribution in [-0.2, 0) is 0 Å². The van der Waals surface area contributed by atoms with Gasteiger partial charge in [0.25, 0.3) is 11.5 Å². The van der Waals surface area contributed by atoms with E-state index in [-0.39, 0.29) is 17.1 Å². The number of hydrogen-bond acceptors (Lipinski definition) is 3. The summed E-state index contributed by atoms with van der Waals surface area (Å²) in [7, 11) is 0. The van der Waals surface area contributed by atoms with Crippen LogP contribution in [0.4, 0.5) is 0 Å². The Bertz CT molecular complexity index is 850. The molecule has 4 saturated carbocycles. The van der Waals surface area contributed by atoms with Crippen LogP contribution < -0.4 is 10.9 Å². The largest absolute Gasteiger partial charge is 0.345 e. The molecule has 2 N–H and O–H groups in total. The number of carbonyl (C=O) groups is 1. The molecular formula is C19H21N3O2. The molecule has 124 valence electrons. The molecule has 6 rings (SSSR count). The third-order valence-electron chi connectivity index (χ3n) is 6.23. The van der Waals surface area contributed by atoms with Gasteiger partial charge in [0.05, 0.1) is 11.0 Å². The van der Waals surface area contributed by atoms with E-state index in [1.54, 1.807) is 6.07 Å². The van der Waals surface area contributed by atoms with Crippen LogP contribution in [0.25, 0.3) is 11.0 Å². The molecule has 1 heterocycles. The van der Waals surface area contributed by atoms with Gasteiger partial charge in [0.1, 0.15) is 0 Å². The first-order valence-electron chi connectivity index (χ1n) is 8.92. The zero-order valence-corrected chi connectivity index (χ0v) is 13.5. The van der Waals surface area contributed by atoms with Crippen molar-refractivity contribution >= 4 is 16.9 Å². The highest BCUT2D eigenvalue weighted by Crippen LogP contribution is 2.55. The quantitative estimate of drug-likeness (QED) is 0.892. The zero-order valence-electron chi connectivity index (χ0n) is 13.5. The van der Waals surface area contributed by atoms with E-state index < -0.39 is 5.56 Å². The van der Waals surface area contributed by atoms with E-state index in [9.17, 15) is 9.59 Å². The standard InChI is InChI=1S/C19H21N3O2/c23-17-16(20-14-3-1-2-4-15(14)21-17)18(24)22-19-8-11-5-12(9-19)7-13(6-11)10-19/h1-4,11-13H,5-10H2,(H,21,23)(H,22,24). The molecule has 5 nitrogen and oxygen atoms in total. The number of rotatable bonds is 2. The lowest BCUT2D eigenvalue weighted by Crippen LogP contribution is -2.60. The first kappa shape index (κ1) is 14.2. The van der Waals surface area contributed by atoms with Gasteiger partial charge in [0, 0.05) is 5.54 Å². The number of para-hydroxylation sites is 2. The first-order valence-corrected chi connectivity index (χ1v) is 8.92. The second kappa shape index (κ2) is 4.91. The number of amides is 1. The Kier molecular flexibility index (Phi) is 2.91. The summed E-state index contributed by atoms with van der Waals surface area (Å²) < 4.78 is 0. The van der Waals surface area contributed by atoms with Crippen LogP contribution in [0.3, 0.4) is 0 Å². The van der Waals surface area contributed by atoms with Crippen molar-refractivity contribution in [2.75, 3.05) is 0 Å². The summed E-state index contributed by atoms with van der Waals surface area (Å²) >= 11 is 0. The molecule has 4 bridgehead atoms. The zero-order chi connectivity index (χ0) is 16.3. The number of nitrogens with zero attached hydrogens (tertiary/aromatic N) is 1. The van der Waals surface area contributed by atoms with Gasteiger partial charge >= 0.3 is 0 Å². The minimum Gasteiger partial charge on any atom is -0.345 e. The summed E-state index contributed by atoms with van der Waals surface area (Å²) in [5, 5.41) is 3.22. The smallest absolute Gasteiger partial charge is 0.280 e. The number of aromatic nitrogens is 2. The molecule has 0 spiro atoms. The van der Waals surface area contributed by atoms with Gasteiger partial charge in [-0.25, -0.2) is 4.98 Å². The fourth-order valence-electron chi connectivity index (χ4n) is 5.75. The van der Waals surface area contributed by atoms with Crippen LogP contribution in [-0.4, -0.2) is 21.4 Å². The summed E-state index contributed by atoms with van der Waals surface area (Å²) in [6.45, 7) is 0. The SMILES string of the molecule is O=C(NC12CC3CC(CC(C3)C1)C2)c1nc2ccccc2[nH]c1=O. The topological polar surface area (TPSA) is 74.8 Å². The third kappa shape index (κ3) is 2.18. The molecule has 4 fully saturated rings. The molecule has 24 heavy (non-hydrogen) atoms. The van der Waals surface area contributed by atoms with Gasteiger partial charge in [-0.1, -0.05) is 12.1 Å². The predicted molar refractivity (Wildman–Crippen MR) is 90.7 cm³/mol. The van der Waals surface area contributed by atoms with E-state index in [1.807, 2.05) is 18.2 Å². The maximum absolute atomic E-state index is 12.8. The van der Waals surface area contributed by atoms with E-state index in [4.69, 9.17) is 0 Å². The van der Waals surface area contributed by atoms with E-state index >= 15 is 0 Å². The van der Waals surface area contributed by atoms with E-state index in [0.29, 0.717) is 11.0 Å². The van der Waals surface area contributed by atoms with Crippen LogP contribution in [0.15, 0.2) is 29.1 Å². The van der Waals surface area contributed by atoms with Crippen LogP contribution in [0, 0.1) is 17.8 Å². The normalized spacial score (nSPS) is 33.8. The lowest BCUT2D eigenvalue weighted by atomic mass is 9.53. The van der Waals surface area contributed by atoms with Crippen molar-refractivity contribution in [3.8, 4) is 0 Å². The second-order valence-corrected chi connectivity index (χ2v) is 8.08. The lowest BCUT2D eigenvalue weighted by Gasteiger charge is -2.56. The molecule has 1 amide bonds. The van der Waals surface area contributed by atoms with Gasteiger partial charge < -0.3 is 10.3 Å². The van der Waals surface area contributed by atoms with Gasteiger partial charge in [-0.05, 0) is 68.4 Å². The fourth-order valence-corrected chi connectivity index (χ4v) is 5.75. The van der Waals surface area contributed by atoms with E-state index in [2.05, 4.69) is 15.3 Å². The maximum Gasteiger partial charge on any atom is 0.280 e.